The van der Waals surface area contributed by atoms with Gasteiger partial charge in [-0.15, -0.1) is 0 Å². The summed E-state index contributed by atoms with van der Waals surface area (Å²) in [4.78, 5) is 17.2. The van der Waals surface area contributed by atoms with Gasteiger partial charge in [0, 0.05) is 28.3 Å². The van der Waals surface area contributed by atoms with Crippen LogP contribution in [0.5, 0.6) is 0 Å². The van der Waals surface area contributed by atoms with Crippen LogP contribution in [0.4, 0.5) is 5.69 Å². The maximum absolute atomic E-state index is 13.1. The number of nitrogens with zero attached hydrogens (tertiary/aromatic N) is 2. The zero-order chi connectivity index (χ0) is 24.5. The number of aromatic nitrogens is 2. The third-order valence-corrected chi connectivity index (χ3v) is 7.00. The SMILES string of the molecule is CC(C)(c1ccc(S(=O)(=O)Nc2ccc(Cl)cc2C(=O)c2cc[n+]([O-])cc2)cc1)c1ncco1. The number of nitrogens with one attached hydrogen (secondary N) is 1. The highest BCUT2D eigenvalue weighted by Crippen LogP contribution is 2.31. The molecule has 0 aliphatic rings. The molecule has 2 aromatic heterocycles. The molecule has 0 spiro atoms. The van der Waals surface area contributed by atoms with E-state index in [9.17, 15) is 18.4 Å². The molecule has 0 unspecified atom stereocenters. The van der Waals surface area contributed by atoms with Crippen LogP contribution in [0.25, 0.3) is 0 Å². The van der Waals surface area contributed by atoms with Crippen LogP contribution in [0.1, 0.15) is 41.2 Å². The third kappa shape index (κ3) is 4.66. The molecule has 0 saturated carbocycles. The molecule has 10 heteroatoms. The summed E-state index contributed by atoms with van der Waals surface area (Å²) in [5, 5.41) is 11.5. The molecule has 0 saturated heterocycles. The van der Waals surface area contributed by atoms with Gasteiger partial charge >= 0.3 is 0 Å². The average Bonchev–Trinajstić information content (AvgIpc) is 3.36. The number of carbonyl (C=O) groups is 1. The van der Waals surface area contributed by atoms with Gasteiger partial charge in [-0.1, -0.05) is 23.7 Å². The Hall–Kier alpha value is -3.69. The minimum absolute atomic E-state index is 0.0138. The second-order valence-corrected chi connectivity index (χ2v) is 10.2. The van der Waals surface area contributed by atoms with Crippen molar-refractivity contribution in [3.63, 3.8) is 0 Å². The highest BCUT2D eigenvalue weighted by atomic mass is 35.5. The topological polar surface area (TPSA) is 116 Å². The van der Waals surface area contributed by atoms with Gasteiger partial charge in [-0.2, -0.15) is 4.73 Å². The van der Waals surface area contributed by atoms with E-state index in [0.29, 0.717) is 10.6 Å². The predicted octanol–water partition coefficient (Wildman–Crippen LogP) is 4.32. The van der Waals surface area contributed by atoms with Gasteiger partial charge in [0.25, 0.3) is 10.0 Å². The summed E-state index contributed by atoms with van der Waals surface area (Å²) in [7, 11) is -4.03. The number of sulfonamides is 1. The van der Waals surface area contributed by atoms with Crippen LogP contribution in [-0.4, -0.2) is 19.2 Å². The lowest BCUT2D eigenvalue weighted by Gasteiger charge is -2.21. The second-order valence-electron chi connectivity index (χ2n) is 8.06. The molecule has 2 heterocycles. The number of anilines is 1. The number of benzene rings is 2. The Morgan fingerprint density at radius 2 is 1.76 bits per heavy atom. The number of carbonyl (C=O) groups excluding carboxylic acids is 1. The fraction of sp³-hybridized carbons (Fsp3) is 0.125. The summed E-state index contributed by atoms with van der Waals surface area (Å²) in [6.45, 7) is 3.84. The molecule has 4 rings (SSSR count). The van der Waals surface area contributed by atoms with Gasteiger partial charge in [0.05, 0.1) is 22.2 Å². The van der Waals surface area contributed by atoms with Crippen LogP contribution in [0.2, 0.25) is 5.02 Å². The number of halogens is 1. The summed E-state index contributed by atoms with van der Waals surface area (Å²) >= 11 is 6.07. The Balaban J connectivity index is 1.64. The monoisotopic (exact) mass is 497 g/mol. The summed E-state index contributed by atoms with van der Waals surface area (Å²) in [6.07, 6.45) is 5.41. The second kappa shape index (κ2) is 8.92. The highest BCUT2D eigenvalue weighted by Gasteiger charge is 2.28. The quantitative estimate of drug-likeness (QED) is 0.231. The van der Waals surface area contributed by atoms with Gasteiger partial charge in [-0.25, -0.2) is 13.4 Å². The largest absolute Gasteiger partial charge is 0.619 e. The highest BCUT2D eigenvalue weighted by molar-refractivity contribution is 7.92. The molecule has 2 aromatic carbocycles. The average molecular weight is 498 g/mol. The number of ketones is 1. The molecular formula is C24H20ClN3O5S. The van der Waals surface area contributed by atoms with E-state index in [1.807, 2.05) is 13.8 Å². The minimum atomic E-state index is -4.03. The van der Waals surface area contributed by atoms with E-state index in [-0.39, 0.29) is 26.7 Å². The fourth-order valence-corrected chi connectivity index (χ4v) is 4.67. The molecule has 0 aliphatic carbocycles. The van der Waals surface area contributed by atoms with Crippen molar-refractivity contribution in [1.29, 1.82) is 0 Å². The molecule has 8 nitrogen and oxygen atoms in total. The Morgan fingerprint density at radius 3 is 2.38 bits per heavy atom. The lowest BCUT2D eigenvalue weighted by Crippen LogP contribution is -2.24. The zero-order valence-corrected chi connectivity index (χ0v) is 19.8. The molecule has 174 valence electrons. The van der Waals surface area contributed by atoms with Crippen molar-refractivity contribution in [3.8, 4) is 0 Å². The van der Waals surface area contributed by atoms with Crippen LogP contribution >= 0.6 is 11.6 Å². The van der Waals surface area contributed by atoms with Crippen LogP contribution in [0.3, 0.4) is 0 Å². The number of hydrogen-bond donors (Lipinski definition) is 1. The summed E-state index contributed by atoms with van der Waals surface area (Å²) < 4.78 is 34.6. The van der Waals surface area contributed by atoms with Crippen molar-refractivity contribution in [2.24, 2.45) is 0 Å². The van der Waals surface area contributed by atoms with Gasteiger partial charge in [0.15, 0.2) is 18.2 Å². The van der Waals surface area contributed by atoms with Crippen molar-refractivity contribution in [2.45, 2.75) is 24.2 Å². The standard InChI is InChI=1S/C24H20ClN3O5S/c1-24(2,23-26-11-14-33-23)17-3-6-19(7-4-17)34(31,32)27-21-8-5-18(25)15-20(21)22(29)16-9-12-28(30)13-10-16/h3-15,27H,1-2H3. The van der Waals surface area contributed by atoms with E-state index in [0.717, 1.165) is 5.56 Å². The van der Waals surface area contributed by atoms with Crippen molar-refractivity contribution in [2.75, 3.05) is 4.72 Å². The molecule has 0 fully saturated rings. The molecular weight excluding hydrogens is 478 g/mol. The number of rotatable bonds is 7. The normalized spacial score (nSPS) is 11.9. The van der Waals surface area contributed by atoms with Gasteiger partial charge in [-0.05, 0) is 49.7 Å². The number of hydrogen-bond acceptors (Lipinski definition) is 6. The van der Waals surface area contributed by atoms with E-state index >= 15 is 0 Å². The Morgan fingerprint density at radius 1 is 1.09 bits per heavy atom. The van der Waals surface area contributed by atoms with Gasteiger partial charge in [0.1, 0.15) is 6.26 Å². The molecule has 0 bridgehead atoms. The first-order chi connectivity index (χ1) is 16.1. The van der Waals surface area contributed by atoms with Crippen molar-refractivity contribution < 1.29 is 22.4 Å². The van der Waals surface area contributed by atoms with E-state index in [2.05, 4.69) is 9.71 Å². The Bertz CT molecular complexity index is 1430. The smallest absolute Gasteiger partial charge is 0.261 e. The molecule has 4 aromatic rings. The van der Waals surface area contributed by atoms with Crippen LogP contribution < -0.4 is 9.45 Å². The number of oxazole rings is 1. The van der Waals surface area contributed by atoms with E-state index in [1.165, 1.54) is 61.1 Å². The lowest BCUT2D eigenvalue weighted by molar-refractivity contribution is -0.605. The number of pyridine rings is 1. The van der Waals surface area contributed by atoms with E-state index in [4.69, 9.17) is 16.0 Å². The first-order valence-electron chi connectivity index (χ1n) is 10.1. The first kappa shape index (κ1) is 23.5. The van der Waals surface area contributed by atoms with Crippen molar-refractivity contribution in [1.82, 2.24) is 4.98 Å². The summed E-state index contributed by atoms with van der Waals surface area (Å²) in [5.74, 6) is 0.0257. The van der Waals surface area contributed by atoms with Crippen molar-refractivity contribution in [3.05, 3.63) is 112 Å². The minimum Gasteiger partial charge on any atom is -0.619 e. The molecule has 0 amide bonds. The Kier molecular flexibility index (Phi) is 6.16. The van der Waals surface area contributed by atoms with Gasteiger partial charge < -0.3 is 9.62 Å². The zero-order valence-electron chi connectivity index (χ0n) is 18.2. The van der Waals surface area contributed by atoms with Crippen LogP contribution in [0, 0.1) is 5.21 Å². The molecule has 0 radical (unpaired) electrons. The van der Waals surface area contributed by atoms with Crippen LogP contribution in [-0.2, 0) is 15.4 Å². The maximum atomic E-state index is 13.1. The third-order valence-electron chi connectivity index (χ3n) is 5.39. The molecule has 1 N–H and O–H groups in total. The van der Waals surface area contributed by atoms with Gasteiger partial charge in [0.2, 0.25) is 5.89 Å². The first-order valence-corrected chi connectivity index (χ1v) is 12.0. The van der Waals surface area contributed by atoms with Gasteiger partial charge in [-0.3, -0.25) is 9.52 Å². The molecule has 0 atom stereocenters. The van der Waals surface area contributed by atoms with Crippen molar-refractivity contribution >= 4 is 33.1 Å². The Labute approximate surface area is 201 Å². The predicted molar refractivity (Wildman–Crippen MR) is 126 cm³/mol. The van der Waals surface area contributed by atoms with E-state index in [1.54, 1.807) is 18.3 Å². The summed E-state index contributed by atoms with van der Waals surface area (Å²) in [5.41, 5.74) is 0.593. The summed E-state index contributed by atoms with van der Waals surface area (Å²) in [6, 6.07) is 13.3. The van der Waals surface area contributed by atoms with Crippen LogP contribution in [0.15, 0.2) is 88.8 Å². The van der Waals surface area contributed by atoms with E-state index < -0.39 is 21.2 Å². The fourth-order valence-electron chi connectivity index (χ4n) is 3.42. The maximum Gasteiger partial charge on any atom is 0.261 e. The molecule has 34 heavy (non-hydrogen) atoms. The lowest BCUT2D eigenvalue weighted by atomic mass is 9.84. The molecule has 0 aliphatic heterocycles.